The lowest BCUT2D eigenvalue weighted by Crippen LogP contribution is -2.50. The SMILES string of the molecule is CNC(=O)[C@@H](C)N(Cc1ccc(Cl)cc1Cl)C(=O)CN(c1cc(Cl)ccc1OC)S(C)(=O)=O. The van der Waals surface area contributed by atoms with Crippen molar-refractivity contribution in [1.82, 2.24) is 10.2 Å². The summed E-state index contributed by atoms with van der Waals surface area (Å²) in [5.74, 6) is -0.853. The van der Waals surface area contributed by atoms with Crippen LogP contribution in [0.25, 0.3) is 0 Å². The summed E-state index contributed by atoms with van der Waals surface area (Å²) in [4.78, 5) is 27.0. The number of sulfonamides is 1. The van der Waals surface area contributed by atoms with Crippen molar-refractivity contribution < 1.29 is 22.7 Å². The van der Waals surface area contributed by atoms with Crippen LogP contribution in [-0.2, 0) is 26.2 Å². The van der Waals surface area contributed by atoms with E-state index in [0.717, 1.165) is 10.6 Å². The van der Waals surface area contributed by atoms with Crippen LogP contribution < -0.4 is 14.4 Å². The zero-order valence-electron chi connectivity index (χ0n) is 18.4. The van der Waals surface area contributed by atoms with E-state index in [4.69, 9.17) is 39.5 Å². The number of likely N-dealkylation sites (N-methyl/N-ethyl adjacent to an activating group) is 1. The van der Waals surface area contributed by atoms with Gasteiger partial charge in [-0.05, 0) is 42.8 Å². The lowest BCUT2D eigenvalue weighted by Gasteiger charge is -2.31. The molecule has 0 aliphatic rings. The fourth-order valence-corrected chi connectivity index (χ4v) is 4.56. The lowest BCUT2D eigenvalue weighted by atomic mass is 10.1. The highest BCUT2D eigenvalue weighted by atomic mass is 35.5. The Hall–Kier alpha value is -2.20. The third-order valence-electron chi connectivity index (χ3n) is 4.86. The van der Waals surface area contributed by atoms with Gasteiger partial charge in [-0.1, -0.05) is 40.9 Å². The van der Waals surface area contributed by atoms with Gasteiger partial charge < -0.3 is 15.0 Å². The molecule has 12 heteroatoms. The highest BCUT2D eigenvalue weighted by Crippen LogP contribution is 2.33. The Morgan fingerprint density at radius 1 is 1.09 bits per heavy atom. The van der Waals surface area contributed by atoms with Gasteiger partial charge in [-0.25, -0.2) is 8.42 Å². The molecule has 0 bridgehead atoms. The Balaban J connectivity index is 2.49. The maximum atomic E-state index is 13.4. The third-order valence-corrected chi connectivity index (χ3v) is 6.81. The number of carbonyl (C=O) groups is 2. The number of amides is 2. The molecule has 0 spiro atoms. The van der Waals surface area contributed by atoms with Gasteiger partial charge in [0.25, 0.3) is 0 Å². The number of ether oxygens (including phenoxy) is 1. The Morgan fingerprint density at radius 2 is 1.70 bits per heavy atom. The normalized spacial score (nSPS) is 12.1. The topological polar surface area (TPSA) is 96.0 Å². The van der Waals surface area contributed by atoms with E-state index in [1.54, 1.807) is 12.1 Å². The predicted octanol–water partition coefficient (Wildman–Crippen LogP) is 3.58. The number of benzene rings is 2. The second-order valence-electron chi connectivity index (χ2n) is 7.13. The van der Waals surface area contributed by atoms with Gasteiger partial charge in [0.05, 0.1) is 19.1 Å². The Labute approximate surface area is 208 Å². The molecule has 0 aliphatic carbocycles. The van der Waals surface area contributed by atoms with Crippen LogP contribution in [0.2, 0.25) is 15.1 Å². The second kappa shape index (κ2) is 11.3. The smallest absolute Gasteiger partial charge is 0.244 e. The van der Waals surface area contributed by atoms with Crippen molar-refractivity contribution in [2.24, 2.45) is 0 Å². The van der Waals surface area contributed by atoms with Crippen molar-refractivity contribution in [1.29, 1.82) is 0 Å². The molecule has 0 aromatic heterocycles. The van der Waals surface area contributed by atoms with Gasteiger partial charge in [0, 0.05) is 28.7 Å². The summed E-state index contributed by atoms with van der Waals surface area (Å²) in [6.45, 7) is 0.890. The molecule has 0 unspecified atom stereocenters. The predicted molar refractivity (Wildman–Crippen MR) is 131 cm³/mol. The number of rotatable bonds is 9. The molecule has 0 radical (unpaired) electrons. The molecule has 2 aromatic rings. The molecule has 180 valence electrons. The van der Waals surface area contributed by atoms with E-state index in [9.17, 15) is 18.0 Å². The summed E-state index contributed by atoms with van der Waals surface area (Å²) < 4.78 is 31.4. The van der Waals surface area contributed by atoms with Crippen molar-refractivity contribution in [3.8, 4) is 5.75 Å². The monoisotopic (exact) mass is 535 g/mol. The van der Waals surface area contributed by atoms with Gasteiger partial charge in [0.2, 0.25) is 21.8 Å². The van der Waals surface area contributed by atoms with Crippen LogP contribution in [0.1, 0.15) is 12.5 Å². The average molecular weight is 537 g/mol. The van der Waals surface area contributed by atoms with Crippen molar-refractivity contribution >= 4 is 62.3 Å². The van der Waals surface area contributed by atoms with E-state index >= 15 is 0 Å². The fourth-order valence-electron chi connectivity index (χ4n) is 3.08. The molecule has 0 fully saturated rings. The molecule has 0 aliphatic heterocycles. The molecule has 1 N–H and O–H groups in total. The number of nitrogens with zero attached hydrogens (tertiary/aromatic N) is 2. The summed E-state index contributed by atoms with van der Waals surface area (Å²) in [6, 6.07) is 8.26. The number of hydrogen-bond acceptors (Lipinski definition) is 5. The molecule has 2 amide bonds. The minimum Gasteiger partial charge on any atom is -0.495 e. The summed E-state index contributed by atoms with van der Waals surface area (Å²) in [6.07, 6.45) is 0.962. The zero-order chi connectivity index (χ0) is 24.9. The van der Waals surface area contributed by atoms with Crippen LogP contribution in [-0.4, -0.2) is 58.1 Å². The Bertz CT molecular complexity index is 1140. The van der Waals surface area contributed by atoms with Crippen LogP contribution in [0, 0.1) is 0 Å². The van der Waals surface area contributed by atoms with Crippen LogP contribution in [0.3, 0.4) is 0 Å². The first-order valence-electron chi connectivity index (χ1n) is 9.65. The quantitative estimate of drug-likeness (QED) is 0.528. The third kappa shape index (κ3) is 6.89. The molecular weight excluding hydrogens is 513 g/mol. The van der Waals surface area contributed by atoms with Crippen LogP contribution in [0.15, 0.2) is 36.4 Å². The summed E-state index contributed by atoms with van der Waals surface area (Å²) in [7, 11) is -1.12. The number of carbonyl (C=O) groups excluding carboxylic acids is 2. The van der Waals surface area contributed by atoms with Crippen molar-refractivity contribution in [2.45, 2.75) is 19.5 Å². The van der Waals surface area contributed by atoms with E-state index in [0.29, 0.717) is 15.6 Å². The molecule has 8 nitrogen and oxygen atoms in total. The van der Waals surface area contributed by atoms with E-state index < -0.39 is 34.4 Å². The highest BCUT2D eigenvalue weighted by molar-refractivity contribution is 7.92. The van der Waals surface area contributed by atoms with Crippen molar-refractivity contribution in [3.63, 3.8) is 0 Å². The molecule has 33 heavy (non-hydrogen) atoms. The molecule has 0 saturated heterocycles. The van der Waals surface area contributed by atoms with Crippen LogP contribution in [0.5, 0.6) is 5.75 Å². The van der Waals surface area contributed by atoms with Crippen LogP contribution >= 0.6 is 34.8 Å². The fraction of sp³-hybridized carbons (Fsp3) is 0.333. The number of hydrogen-bond donors (Lipinski definition) is 1. The largest absolute Gasteiger partial charge is 0.495 e. The van der Waals surface area contributed by atoms with Crippen molar-refractivity contribution in [2.75, 3.05) is 31.3 Å². The first-order valence-corrected chi connectivity index (χ1v) is 12.6. The average Bonchev–Trinajstić information content (AvgIpc) is 2.74. The first kappa shape index (κ1) is 27.0. The van der Waals surface area contributed by atoms with Gasteiger partial charge in [-0.3, -0.25) is 13.9 Å². The molecule has 0 saturated carbocycles. The second-order valence-corrected chi connectivity index (χ2v) is 10.3. The number of methoxy groups -OCH3 is 1. The lowest BCUT2D eigenvalue weighted by molar-refractivity contribution is -0.139. The van der Waals surface area contributed by atoms with E-state index in [-0.39, 0.29) is 23.0 Å². The molecule has 2 rings (SSSR count). The molecule has 1 atom stereocenters. The van der Waals surface area contributed by atoms with E-state index in [1.165, 1.54) is 50.2 Å². The highest BCUT2D eigenvalue weighted by Gasteiger charge is 2.31. The van der Waals surface area contributed by atoms with E-state index in [1.807, 2.05) is 0 Å². The minimum atomic E-state index is -3.93. The Morgan fingerprint density at radius 3 is 2.24 bits per heavy atom. The Kier molecular flexibility index (Phi) is 9.25. The zero-order valence-corrected chi connectivity index (χ0v) is 21.5. The standard InChI is InChI=1S/C21H24Cl3N3O5S/c1-13(21(29)25-2)26(11-14-5-6-15(22)9-17(14)24)20(28)12-27(33(4,30)31)18-10-16(23)7-8-19(18)32-3/h5-10,13H,11-12H2,1-4H3,(H,25,29)/t13-/m1/s1. The molecule has 2 aromatic carbocycles. The molecular formula is C21H24Cl3N3O5S. The first-order chi connectivity index (χ1) is 15.4. The van der Waals surface area contributed by atoms with E-state index in [2.05, 4.69) is 5.32 Å². The van der Waals surface area contributed by atoms with Crippen molar-refractivity contribution in [3.05, 3.63) is 57.0 Å². The van der Waals surface area contributed by atoms with Gasteiger partial charge in [-0.2, -0.15) is 0 Å². The number of nitrogens with one attached hydrogen (secondary N) is 1. The minimum absolute atomic E-state index is 0.0479. The molecule has 0 heterocycles. The van der Waals surface area contributed by atoms with Crippen LogP contribution in [0.4, 0.5) is 5.69 Å². The van der Waals surface area contributed by atoms with Gasteiger partial charge in [0.1, 0.15) is 18.3 Å². The number of anilines is 1. The van der Waals surface area contributed by atoms with Gasteiger partial charge >= 0.3 is 0 Å². The summed E-state index contributed by atoms with van der Waals surface area (Å²) in [5, 5.41) is 3.47. The van der Waals surface area contributed by atoms with Gasteiger partial charge in [0.15, 0.2) is 0 Å². The number of halogens is 3. The van der Waals surface area contributed by atoms with Gasteiger partial charge in [-0.15, -0.1) is 0 Å². The summed E-state index contributed by atoms with van der Waals surface area (Å²) >= 11 is 18.3. The maximum Gasteiger partial charge on any atom is 0.244 e. The summed E-state index contributed by atoms with van der Waals surface area (Å²) in [5.41, 5.74) is 0.634. The maximum absolute atomic E-state index is 13.4.